The molecule has 1 fully saturated rings. The van der Waals surface area contributed by atoms with Gasteiger partial charge in [0.25, 0.3) is 5.91 Å². The highest BCUT2D eigenvalue weighted by Crippen LogP contribution is 2.41. The number of hydrogen-bond donors (Lipinski definition) is 3. The number of sulfone groups is 1. The Morgan fingerprint density at radius 3 is 1.97 bits per heavy atom. The summed E-state index contributed by atoms with van der Waals surface area (Å²) in [5, 5.41) is 16.6. The fourth-order valence-electron chi connectivity index (χ4n) is 3.97. The number of phenols is 1. The molecule has 1 aliphatic carbocycles. The van der Waals surface area contributed by atoms with Crippen LogP contribution in [0.3, 0.4) is 0 Å². The van der Waals surface area contributed by atoms with Crippen molar-refractivity contribution >= 4 is 21.7 Å². The highest BCUT2D eigenvalue weighted by Gasteiger charge is 2.51. The van der Waals surface area contributed by atoms with Crippen LogP contribution >= 0.6 is 0 Å². The molecule has 1 saturated carbocycles. The van der Waals surface area contributed by atoms with Crippen molar-refractivity contribution in [2.75, 3.05) is 6.26 Å². The fraction of sp³-hybridized carbons (Fsp3) is 0.481. The van der Waals surface area contributed by atoms with E-state index < -0.39 is 15.4 Å². The van der Waals surface area contributed by atoms with Gasteiger partial charge in [-0.3, -0.25) is 9.59 Å². The first-order chi connectivity index (χ1) is 15.9. The van der Waals surface area contributed by atoms with Crippen molar-refractivity contribution in [3.8, 4) is 5.75 Å². The van der Waals surface area contributed by atoms with Crippen LogP contribution in [-0.4, -0.2) is 37.1 Å². The standard InChI is InChI=1S/C27H36N2O5S/c1-25(2,3)20-14-18(15-21(22(20)30)26(4,5)6)23(31)29-27(11-12-27)24(32)28-16-17-9-8-10-19(13-17)35(7,33)34/h8-10,13-15,30H,11-12,16H2,1-7H3,(H,28,32)(H,29,31). The fourth-order valence-corrected chi connectivity index (χ4v) is 4.66. The van der Waals surface area contributed by atoms with E-state index in [1.807, 2.05) is 41.5 Å². The number of carbonyl (C=O) groups excluding carboxylic acids is 2. The van der Waals surface area contributed by atoms with Crippen LogP contribution in [0, 0.1) is 0 Å². The molecule has 0 saturated heterocycles. The van der Waals surface area contributed by atoms with Gasteiger partial charge in [0.15, 0.2) is 9.84 Å². The minimum Gasteiger partial charge on any atom is -0.507 e. The van der Waals surface area contributed by atoms with E-state index in [2.05, 4.69) is 10.6 Å². The van der Waals surface area contributed by atoms with E-state index >= 15 is 0 Å². The second-order valence-electron chi connectivity index (χ2n) is 11.6. The Labute approximate surface area is 208 Å². The van der Waals surface area contributed by atoms with Gasteiger partial charge in [0.2, 0.25) is 5.91 Å². The van der Waals surface area contributed by atoms with Crippen LogP contribution in [0.15, 0.2) is 41.3 Å². The Hall–Kier alpha value is -2.87. The normalized spacial score (nSPS) is 15.4. The number of hydrogen-bond acceptors (Lipinski definition) is 5. The quantitative estimate of drug-likeness (QED) is 0.556. The van der Waals surface area contributed by atoms with Gasteiger partial charge >= 0.3 is 0 Å². The Balaban J connectivity index is 1.79. The van der Waals surface area contributed by atoms with E-state index in [1.54, 1.807) is 24.3 Å². The molecule has 190 valence electrons. The van der Waals surface area contributed by atoms with Crippen molar-refractivity contribution < 1.29 is 23.1 Å². The number of phenolic OH excluding ortho intramolecular Hbond substituents is 1. The molecule has 7 nitrogen and oxygen atoms in total. The number of benzene rings is 2. The molecule has 0 heterocycles. The molecule has 2 amide bonds. The Bertz CT molecular complexity index is 1230. The predicted molar refractivity (Wildman–Crippen MR) is 136 cm³/mol. The van der Waals surface area contributed by atoms with Gasteiger partial charge in [0.05, 0.1) is 4.90 Å². The van der Waals surface area contributed by atoms with Crippen LogP contribution in [0.5, 0.6) is 5.75 Å². The number of amides is 2. The smallest absolute Gasteiger partial charge is 0.252 e. The van der Waals surface area contributed by atoms with Crippen LogP contribution in [-0.2, 0) is 32.0 Å². The molecule has 0 aromatic heterocycles. The average molecular weight is 501 g/mol. The predicted octanol–water partition coefficient (Wildman–Crippen LogP) is 3.97. The maximum atomic E-state index is 13.3. The summed E-state index contributed by atoms with van der Waals surface area (Å²) in [6, 6.07) is 9.82. The van der Waals surface area contributed by atoms with E-state index in [1.165, 1.54) is 12.1 Å². The van der Waals surface area contributed by atoms with Gasteiger partial charge in [-0.25, -0.2) is 8.42 Å². The third-order valence-electron chi connectivity index (χ3n) is 6.31. The first kappa shape index (κ1) is 26.7. The molecule has 0 aliphatic heterocycles. The van der Waals surface area contributed by atoms with Gasteiger partial charge in [-0.15, -0.1) is 0 Å². The van der Waals surface area contributed by atoms with E-state index in [0.717, 1.165) is 6.26 Å². The maximum absolute atomic E-state index is 13.3. The van der Waals surface area contributed by atoms with Gasteiger partial charge in [-0.2, -0.15) is 0 Å². The molecule has 3 N–H and O–H groups in total. The zero-order valence-corrected chi connectivity index (χ0v) is 22.4. The Morgan fingerprint density at radius 1 is 0.971 bits per heavy atom. The van der Waals surface area contributed by atoms with Crippen molar-refractivity contribution in [1.82, 2.24) is 10.6 Å². The summed E-state index contributed by atoms with van der Waals surface area (Å²) in [4.78, 5) is 26.4. The summed E-state index contributed by atoms with van der Waals surface area (Å²) in [5.41, 5.74) is 0.660. The topological polar surface area (TPSA) is 113 Å². The molecular weight excluding hydrogens is 464 g/mol. The second-order valence-corrected chi connectivity index (χ2v) is 13.6. The van der Waals surface area contributed by atoms with Gasteiger partial charge in [0, 0.05) is 29.5 Å². The third kappa shape index (κ3) is 6.04. The lowest BCUT2D eigenvalue weighted by molar-refractivity contribution is -0.124. The van der Waals surface area contributed by atoms with Gasteiger partial charge < -0.3 is 15.7 Å². The third-order valence-corrected chi connectivity index (χ3v) is 7.42. The van der Waals surface area contributed by atoms with E-state index in [-0.39, 0.29) is 39.8 Å². The van der Waals surface area contributed by atoms with E-state index in [0.29, 0.717) is 35.1 Å². The first-order valence-corrected chi connectivity index (χ1v) is 13.6. The van der Waals surface area contributed by atoms with Crippen molar-refractivity contribution in [3.05, 3.63) is 58.7 Å². The van der Waals surface area contributed by atoms with Gasteiger partial charge in [-0.1, -0.05) is 53.7 Å². The number of rotatable bonds is 6. The minimum atomic E-state index is -3.35. The van der Waals surface area contributed by atoms with Crippen LogP contribution in [0.1, 0.15) is 81.4 Å². The molecule has 3 rings (SSSR count). The molecule has 2 aromatic carbocycles. The summed E-state index contributed by atoms with van der Waals surface area (Å²) < 4.78 is 23.6. The molecule has 35 heavy (non-hydrogen) atoms. The van der Waals surface area contributed by atoms with Crippen molar-refractivity contribution in [2.24, 2.45) is 0 Å². The summed E-state index contributed by atoms with van der Waals surface area (Å²) >= 11 is 0. The Kier molecular flexibility index (Phi) is 6.85. The van der Waals surface area contributed by atoms with Gasteiger partial charge in [0.1, 0.15) is 11.3 Å². The van der Waals surface area contributed by atoms with Crippen molar-refractivity contribution in [3.63, 3.8) is 0 Å². The molecule has 0 atom stereocenters. The molecule has 0 unspecified atom stereocenters. The summed E-state index contributed by atoms with van der Waals surface area (Å²) in [6.45, 7) is 12.0. The highest BCUT2D eigenvalue weighted by atomic mass is 32.2. The minimum absolute atomic E-state index is 0.154. The lowest BCUT2D eigenvalue weighted by atomic mass is 9.78. The summed E-state index contributed by atoms with van der Waals surface area (Å²) in [6.07, 6.45) is 2.17. The van der Waals surface area contributed by atoms with Gasteiger partial charge in [-0.05, 0) is 53.5 Å². The van der Waals surface area contributed by atoms with Crippen LogP contribution in [0.4, 0.5) is 0 Å². The van der Waals surface area contributed by atoms with Crippen LogP contribution < -0.4 is 10.6 Å². The monoisotopic (exact) mass is 500 g/mol. The summed E-state index contributed by atoms with van der Waals surface area (Å²) in [7, 11) is -3.35. The largest absolute Gasteiger partial charge is 0.507 e. The van der Waals surface area contributed by atoms with Crippen molar-refractivity contribution in [2.45, 2.75) is 82.2 Å². The van der Waals surface area contributed by atoms with Crippen LogP contribution in [0.25, 0.3) is 0 Å². The number of nitrogens with one attached hydrogen (secondary N) is 2. The first-order valence-electron chi connectivity index (χ1n) is 11.7. The molecular formula is C27H36N2O5S. The zero-order chi connectivity index (χ0) is 26.4. The van der Waals surface area contributed by atoms with E-state index in [4.69, 9.17) is 0 Å². The Morgan fingerprint density at radius 2 is 1.51 bits per heavy atom. The lowest BCUT2D eigenvalue weighted by Crippen LogP contribution is -2.48. The maximum Gasteiger partial charge on any atom is 0.252 e. The second kappa shape index (κ2) is 8.97. The van der Waals surface area contributed by atoms with Crippen LogP contribution in [0.2, 0.25) is 0 Å². The van der Waals surface area contributed by atoms with Crippen molar-refractivity contribution in [1.29, 1.82) is 0 Å². The molecule has 2 aromatic rings. The zero-order valence-electron chi connectivity index (χ0n) is 21.6. The number of carbonyl (C=O) groups is 2. The molecule has 0 radical (unpaired) electrons. The molecule has 1 aliphatic rings. The SMILES string of the molecule is CC(C)(C)c1cc(C(=O)NC2(C(=O)NCc3cccc(S(C)(=O)=O)c3)CC2)cc(C(C)(C)C)c1O. The highest BCUT2D eigenvalue weighted by molar-refractivity contribution is 7.90. The van der Waals surface area contributed by atoms with E-state index in [9.17, 15) is 23.1 Å². The molecule has 0 bridgehead atoms. The molecule has 8 heteroatoms. The lowest BCUT2D eigenvalue weighted by Gasteiger charge is -2.28. The molecule has 0 spiro atoms. The average Bonchev–Trinajstić information content (AvgIpc) is 3.50. The number of aromatic hydroxyl groups is 1. The summed E-state index contributed by atoms with van der Waals surface area (Å²) in [5.74, 6) is -0.481.